The Morgan fingerprint density at radius 2 is 1.76 bits per heavy atom. The molecule has 1 atom stereocenters. The highest BCUT2D eigenvalue weighted by Crippen LogP contribution is 2.37. The quantitative estimate of drug-likeness (QED) is 0.369. The van der Waals surface area contributed by atoms with E-state index in [0.717, 1.165) is 18.9 Å². The van der Waals surface area contributed by atoms with E-state index < -0.39 is 20.2 Å². The van der Waals surface area contributed by atoms with Gasteiger partial charge < -0.3 is 22.8 Å². The van der Waals surface area contributed by atoms with Crippen LogP contribution in [0.25, 0.3) is 0 Å². The van der Waals surface area contributed by atoms with E-state index in [-0.39, 0.29) is 0 Å². The van der Waals surface area contributed by atoms with Crippen molar-refractivity contribution < 1.29 is 27.5 Å². The molecule has 1 aliphatic rings. The molecule has 1 saturated heterocycles. The van der Waals surface area contributed by atoms with Gasteiger partial charge in [0.2, 0.25) is 0 Å². The van der Waals surface area contributed by atoms with E-state index in [1.807, 2.05) is 20.8 Å². The molecule has 1 rings (SSSR count). The molecular formula is C14H26O6Si. The molecule has 7 heteroatoms. The van der Waals surface area contributed by atoms with E-state index >= 15 is 0 Å². The average Bonchev–Trinajstić information content (AvgIpc) is 2.48. The SMILES string of the molecule is C=CC(=O)OC1([Si](OCC)(OCC)OCC)CCCCO1. The number of hydrogen-bond donors (Lipinski definition) is 0. The van der Waals surface area contributed by atoms with Crippen LogP contribution in [0.3, 0.4) is 0 Å². The largest absolute Gasteiger partial charge is 0.577 e. The highest BCUT2D eigenvalue weighted by molar-refractivity contribution is 6.63. The van der Waals surface area contributed by atoms with Crippen molar-refractivity contribution in [3.8, 4) is 0 Å². The van der Waals surface area contributed by atoms with Crippen molar-refractivity contribution in [2.75, 3.05) is 26.4 Å². The van der Waals surface area contributed by atoms with Gasteiger partial charge in [0.05, 0.1) is 6.61 Å². The lowest BCUT2D eigenvalue weighted by molar-refractivity contribution is -0.233. The number of carbonyl (C=O) groups is 1. The second kappa shape index (κ2) is 8.65. The lowest BCUT2D eigenvalue weighted by Gasteiger charge is -2.45. The normalized spacial score (nSPS) is 22.8. The highest BCUT2D eigenvalue weighted by Gasteiger charge is 2.66. The summed E-state index contributed by atoms with van der Waals surface area (Å²) in [7, 11) is -3.34. The zero-order chi connectivity index (χ0) is 15.8. The van der Waals surface area contributed by atoms with Crippen LogP contribution in [0, 0.1) is 0 Å². The molecule has 21 heavy (non-hydrogen) atoms. The van der Waals surface area contributed by atoms with E-state index in [1.165, 1.54) is 0 Å². The number of carbonyl (C=O) groups excluding carboxylic acids is 1. The Bertz CT molecular complexity index is 323. The fourth-order valence-corrected chi connectivity index (χ4v) is 5.42. The summed E-state index contributed by atoms with van der Waals surface area (Å²) in [6.45, 7) is 10.7. The molecule has 0 bridgehead atoms. The van der Waals surface area contributed by atoms with Gasteiger partial charge in [-0.15, -0.1) is 0 Å². The number of hydrogen-bond acceptors (Lipinski definition) is 6. The fraction of sp³-hybridized carbons (Fsp3) is 0.786. The van der Waals surface area contributed by atoms with Crippen LogP contribution < -0.4 is 0 Å². The van der Waals surface area contributed by atoms with Crippen LogP contribution >= 0.6 is 0 Å². The number of rotatable bonds is 9. The van der Waals surface area contributed by atoms with Crippen molar-refractivity contribution in [3.63, 3.8) is 0 Å². The lowest BCUT2D eigenvalue weighted by atomic mass is 10.2. The molecule has 0 aromatic carbocycles. The van der Waals surface area contributed by atoms with Gasteiger partial charge >= 0.3 is 14.8 Å². The van der Waals surface area contributed by atoms with E-state index in [0.29, 0.717) is 32.8 Å². The van der Waals surface area contributed by atoms with Crippen molar-refractivity contribution in [1.29, 1.82) is 0 Å². The van der Waals surface area contributed by atoms with Crippen molar-refractivity contribution in [2.45, 2.75) is 45.4 Å². The average molecular weight is 318 g/mol. The Labute approximate surface area is 127 Å². The van der Waals surface area contributed by atoms with Crippen LogP contribution in [0.2, 0.25) is 0 Å². The molecule has 0 aromatic rings. The predicted molar refractivity (Wildman–Crippen MR) is 79.5 cm³/mol. The maximum absolute atomic E-state index is 11.8. The minimum atomic E-state index is -3.34. The molecule has 0 N–H and O–H groups in total. The van der Waals surface area contributed by atoms with Gasteiger partial charge in [0.25, 0.3) is 5.41 Å². The van der Waals surface area contributed by atoms with Crippen LogP contribution in [0.15, 0.2) is 12.7 Å². The first-order valence-electron chi connectivity index (χ1n) is 7.51. The van der Waals surface area contributed by atoms with Crippen LogP contribution in [-0.4, -0.2) is 46.6 Å². The first-order valence-corrected chi connectivity index (χ1v) is 9.23. The Balaban J connectivity index is 3.18. The summed E-state index contributed by atoms with van der Waals surface area (Å²) in [5, 5.41) is 0. The molecule has 0 aromatic heterocycles. The van der Waals surface area contributed by atoms with Crippen molar-refractivity contribution in [3.05, 3.63) is 12.7 Å². The standard InChI is InChI=1S/C14H26O6Si/c1-5-13(15)20-14(11-9-10-12-16-14)21(17-6-2,18-7-3)19-8-4/h5H,1,6-12H2,2-4H3. The van der Waals surface area contributed by atoms with Gasteiger partial charge in [-0.25, -0.2) is 4.79 Å². The van der Waals surface area contributed by atoms with E-state index in [4.69, 9.17) is 22.8 Å². The van der Waals surface area contributed by atoms with Crippen LogP contribution in [-0.2, 0) is 27.5 Å². The zero-order valence-electron chi connectivity index (χ0n) is 13.2. The molecular weight excluding hydrogens is 292 g/mol. The molecule has 1 heterocycles. The van der Waals surface area contributed by atoms with Crippen molar-refractivity contribution in [1.82, 2.24) is 0 Å². The summed E-state index contributed by atoms with van der Waals surface area (Å²) in [5.41, 5.74) is -1.28. The molecule has 1 aliphatic heterocycles. The molecule has 0 amide bonds. The summed E-state index contributed by atoms with van der Waals surface area (Å²) in [6.07, 6.45) is 3.37. The summed E-state index contributed by atoms with van der Waals surface area (Å²) >= 11 is 0. The topological polar surface area (TPSA) is 63.2 Å². The fourth-order valence-electron chi connectivity index (χ4n) is 2.38. The second-order valence-electron chi connectivity index (χ2n) is 4.54. The Morgan fingerprint density at radius 1 is 1.19 bits per heavy atom. The maximum Gasteiger partial charge on any atom is 0.577 e. The van der Waals surface area contributed by atoms with E-state index in [9.17, 15) is 4.79 Å². The third-order valence-corrected chi connectivity index (χ3v) is 6.57. The van der Waals surface area contributed by atoms with Crippen LogP contribution in [0.1, 0.15) is 40.0 Å². The smallest absolute Gasteiger partial charge is 0.424 e. The van der Waals surface area contributed by atoms with Crippen LogP contribution in [0.4, 0.5) is 0 Å². The van der Waals surface area contributed by atoms with Crippen molar-refractivity contribution >= 4 is 14.8 Å². The minimum Gasteiger partial charge on any atom is -0.424 e. The van der Waals surface area contributed by atoms with Gasteiger partial charge in [0.1, 0.15) is 0 Å². The first kappa shape index (κ1) is 18.3. The highest BCUT2D eigenvalue weighted by atomic mass is 28.4. The molecule has 122 valence electrons. The molecule has 6 nitrogen and oxygen atoms in total. The molecule has 1 fully saturated rings. The van der Waals surface area contributed by atoms with Gasteiger partial charge in [0, 0.05) is 32.3 Å². The molecule has 0 radical (unpaired) electrons. The van der Waals surface area contributed by atoms with Gasteiger partial charge in [-0.05, 0) is 33.6 Å². The molecule has 0 spiro atoms. The van der Waals surface area contributed by atoms with E-state index in [1.54, 1.807) is 0 Å². The summed E-state index contributed by atoms with van der Waals surface area (Å²) < 4.78 is 29.0. The molecule has 0 aliphatic carbocycles. The van der Waals surface area contributed by atoms with Gasteiger partial charge in [-0.1, -0.05) is 6.58 Å². The first-order chi connectivity index (χ1) is 10.1. The third-order valence-electron chi connectivity index (χ3n) is 3.14. The zero-order valence-corrected chi connectivity index (χ0v) is 14.2. The minimum absolute atomic E-state index is 0.392. The monoisotopic (exact) mass is 318 g/mol. The van der Waals surface area contributed by atoms with Gasteiger partial charge in [-0.3, -0.25) is 0 Å². The Morgan fingerprint density at radius 3 is 2.14 bits per heavy atom. The van der Waals surface area contributed by atoms with Gasteiger partial charge in [-0.2, -0.15) is 0 Å². The third kappa shape index (κ3) is 4.14. The van der Waals surface area contributed by atoms with E-state index in [2.05, 4.69) is 6.58 Å². The molecule has 0 saturated carbocycles. The number of esters is 1. The Hall–Kier alpha value is -0.733. The Kier molecular flexibility index (Phi) is 7.54. The predicted octanol–water partition coefficient (Wildman–Crippen LogP) is 2.20. The summed E-state index contributed by atoms with van der Waals surface area (Å²) in [5.74, 6) is -0.562. The van der Waals surface area contributed by atoms with Gasteiger partial charge in [0.15, 0.2) is 0 Å². The van der Waals surface area contributed by atoms with Crippen molar-refractivity contribution in [2.24, 2.45) is 0 Å². The second-order valence-corrected chi connectivity index (χ2v) is 7.28. The number of ether oxygens (including phenoxy) is 2. The maximum atomic E-state index is 11.8. The summed E-state index contributed by atoms with van der Waals surface area (Å²) in [6, 6.07) is 0. The summed E-state index contributed by atoms with van der Waals surface area (Å²) in [4.78, 5) is 11.8. The lowest BCUT2D eigenvalue weighted by Crippen LogP contribution is -2.69. The molecule has 1 unspecified atom stereocenters. The van der Waals surface area contributed by atoms with Crippen LogP contribution in [0.5, 0.6) is 0 Å².